The Morgan fingerprint density at radius 3 is 2.89 bits per heavy atom. The van der Waals surface area contributed by atoms with Gasteiger partial charge in [-0.1, -0.05) is 0 Å². The number of likely N-dealkylation sites (N-methyl/N-ethyl adjacent to an activating group) is 1. The second-order valence-corrected chi connectivity index (χ2v) is 4.96. The molecule has 0 saturated heterocycles. The molecule has 1 aromatic heterocycles. The van der Waals surface area contributed by atoms with E-state index in [0.29, 0.717) is 12.8 Å². The Labute approximate surface area is 112 Å². The van der Waals surface area contributed by atoms with Gasteiger partial charge in [0.25, 0.3) is 0 Å². The van der Waals surface area contributed by atoms with Crippen molar-refractivity contribution in [1.82, 2.24) is 4.98 Å². The van der Waals surface area contributed by atoms with E-state index < -0.39 is 0 Å². The summed E-state index contributed by atoms with van der Waals surface area (Å²) in [6.45, 7) is 2.81. The van der Waals surface area contributed by atoms with E-state index in [1.165, 1.54) is 7.11 Å². The fourth-order valence-corrected chi connectivity index (χ4v) is 2.29. The van der Waals surface area contributed by atoms with Crippen LogP contribution >= 0.6 is 11.3 Å². The molecule has 0 aliphatic rings. The third-order valence-corrected chi connectivity index (χ3v) is 3.62. The molecule has 1 aromatic rings. The number of rotatable bonds is 7. The molecule has 1 unspecified atom stereocenters. The molecular weight excluding hydrogens is 252 g/mol. The smallest absolute Gasteiger partial charge is 0.305 e. The highest BCUT2D eigenvalue weighted by Crippen LogP contribution is 2.20. The van der Waals surface area contributed by atoms with Crippen molar-refractivity contribution in [2.75, 3.05) is 32.7 Å². The van der Waals surface area contributed by atoms with Crippen LogP contribution in [0.3, 0.4) is 0 Å². The minimum atomic E-state index is -0.203. The van der Waals surface area contributed by atoms with Crippen LogP contribution in [0, 0.1) is 0 Å². The molecule has 1 heterocycles. The molecule has 0 N–H and O–H groups in total. The van der Waals surface area contributed by atoms with Crippen molar-refractivity contribution in [3.05, 3.63) is 11.1 Å². The molecule has 0 saturated carbocycles. The maximum atomic E-state index is 11.0. The lowest BCUT2D eigenvalue weighted by Crippen LogP contribution is -2.28. The molecule has 5 nitrogen and oxygen atoms in total. The van der Waals surface area contributed by atoms with Crippen molar-refractivity contribution in [2.24, 2.45) is 0 Å². The number of anilines is 1. The third-order valence-electron chi connectivity index (χ3n) is 2.61. The minimum absolute atomic E-state index is 0.164. The molecule has 0 aromatic carbocycles. The molecule has 1 atom stereocenters. The van der Waals surface area contributed by atoms with Crippen LogP contribution in [0.5, 0.6) is 0 Å². The summed E-state index contributed by atoms with van der Waals surface area (Å²) in [7, 11) is 5.08. The van der Waals surface area contributed by atoms with Crippen molar-refractivity contribution in [3.63, 3.8) is 0 Å². The van der Waals surface area contributed by atoms with Crippen LogP contribution in [0.4, 0.5) is 5.13 Å². The first-order chi connectivity index (χ1) is 8.56. The van der Waals surface area contributed by atoms with Crippen molar-refractivity contribution >= 4 is 22.4 Å². The summed E-state index contributed by atoms with van der Waals surface area (Å²) in [5.74, 6) is -0.203. The maximum Gasteiger partial charge on any atom is 0.305 e. The number of aromatic nitrogens is 1. The molecular formula is C12H20N2O3S. The quantitative estimate of drug-likeness (QED) is 0.707. The monoisotopic (exact) mass is 272 g/mol. The van der Waals surface area contributed by atoms with E-state index in [0.717, 1.165) is 17.4 Å². The third kappa shape index (κ3) is 4.62. The van der Waals surface area contributed by atoms with Crippen LogP contribution in [0.1, 0.15) is 19.0 Å². The fourth-order valence-electron chi connectivity index (χ4n) is 1.46. The molecule has 0 radical (unpaired) electrons. The molecule has 0 fully saturated rings. The van der Waals surface area contributed by atoms with Crippen LogP contribution in [-0.4, -0.2) is 44.9 Å². The van der Waals surface area contributed by atoms with Gasteiger partial charge < -0.3 is 14.4 Å². The summed E-state index contributed by atoms with van der Waals surface area (Å²) in [5.41, 5.74) is 0.928. The second kappa shape index (κ2) is 7.33. The minimum Gasteiger partial charge on any atom is -0.469 e. The first-order valence-corrected chi connectivity index (χ1v) is 6.70. The predicted octanol–water partition coefficient (Wildman–Crippen LogP) is 1.72. The summed E-state index contributed by atoms with van der Waals surface area (Å²) in [5, 5.41) is 2.92. The van der Waals surface area contributed by atoms with Gasteiger partial charge in [-0.15, -0.1) is 11.3 Å². The standard InChI is InChI=1S/C12H20N2O3S/c1-9(16-3)7-14(2)12-13-10(8-18-12)5-6-11(15)17-4/h8-9H,5-7H2,1-4H3. The lowest BCUT2D eigenvalue weighted by molar-refractivity contribution is -0.140. The van der Waals surface area contributed by atoms with Gasteiger partial charge in [0.15, 0.2) is 5.13 Å². The molecule has 0 spiro atoms. The van der Waals surface area contributed by atoms with E-state index >= 15 is 0 Å². The molecule has 0 aliphatic carbocycles. The van der Waals surface area contributed by atoms with E-state index in [4.69, 9.17) is 4.74 Å². The molecule has 1 rings (SSSR count). The Balaban J connectivity index is 2.49. The topological polar surface area (TPSA) is 51.7 Å². The van der Waals surface area contributed by atoms with Gasteiger partial charge >= 0.3 is 5.97 Å². The summed E-state index contributed by atoms with van der Waals surface area (Å²) in [6, 6.07) is 0. The normalized spacial score (nSPS) is 12.2. The average Bonchev–Trinajstić information content (AvgIpc) is 2.84. The number of aryl methyl sites for hydroxylation is 1. The van der Waals surface area contributed by atoms with Crippen molar-refractivity contribution < 1.29 is 14.3 Å². The molecule has 6 heteroatoms. The molecule has 0 aliphatic heterocycles. The van der Waals surface area contributed by atoms with Crippen molar-refractivity contribution in [3.8, 4) is 0 Å². The van der Waals surface area contributed by atoms with Gasteiger partial charge in [-0.05, 0) is 6.92 Å². The number of thiazole rings is 1. The SMILES string of the molecule is COC(=O)CCc1csc(N(C)CC(C)OC)n1. The van der Waals surface area contributed by atoms with Crippen LogP contribution in [0.25, 0.3) is 0 Å². The van der Waals surface area contributed by atoms with E-state index in [-0.39, 0.29) is 12.1 Å². The van der Waals surface area contributed by atoms with Gasteiger partial charge in [0.2, 0.25) is 0 Å². The Morgan fingerprint density at radius 1 is 1.56 bits per heavy atom. The zero-order valence-electron chi connectivity index (χ0n) is 11.3. The number of ether oxygens (including phenoxy) is 2. The molecule has 102 valence electrons. The first-order valence-electron chi connectivity index (χ1n) is 5.82. The summed E-state index contributed by atoms with van der Waals surface area (Å²) in [6.07, 6.45) is 1.16. The average molecular weight is 272 g/mol. The van der Waals surface area contributed by atoms with Crippen LogP contribution in [0.15, 0.2) is 5.38 Å². The zero-order chi connectivity index (χ0) is 13.5. The lowest BCUT2D eigenvalue weighted by atomic mass is 10.2. The number of hydrogen-bond donors (Lipinski definition) is 0. The van der Waals surface area contributed by atoms with E-state index in [1.807, 2.05) is 19.4 Å². The highest BCUT2D eigenvalue weighted by Gasteiger charge is 2.11. The number of carbonyl (C=O) groups excluding carboxylic acids is 1. The Hall–Kier alpha value is -1.14. The number of methoxy groups -OCH3 is 2. The van der Waals surface area contributed by atoms with Gasteiger partial charge in [-0.25, -0.2) is 4.98 Å². The highest BCUT2D eigenvalue weighted by atomic mass is 32.1. The number of carbonyl (C=O) groups is 1. The van der Waals surface area contributed by atoms with Crippen LogP contribution in [0.2, 0.25) is 0 Å². The van der Waals surface area contributed by atoms with Gasteiger partial charge in [0, 0.05) is 32.5 Å². The Kier molecular flexibility index (Phi) is 6.07. The first kappa shape index (κ1) is 14.9. The summed E-state index contributed by atoms with van der Waals surface area (Å²) in [4.78, 5) is 17.6. The molecule has 0 amide bonds. The van der Waals surface area contributed by atoms with Gasteiger partial charge in [0.05, 0.1) is 25.3 Å². The van der Waals surface area contributed by atoms with Gasteiger partial charge in [0.1, 0.15) is 0 Å². The molecule has 0 bridgehead atoms. The van der Waals surface area contributed by atoms with Gasteiger partial charge in [-0.2, -0.15) is 0 Å². The highest BCUT2D eigenvalue weighted by molar-refractivity contribution is 7.13. The van der Waals surface area contributed by atoms with E-state index in [9.17, 15) is 4.79 Å². The van der Waals surface area contributed by atoms with Crippen LogP contribution < -0.4 is 4.90 Å². The van der Waals surface area contributed by atoms with E-state index in [1.54, 1.807) is 18.4 Å². The van der Waals surface area contributed by atoms with Crippen molar-refractivity contribution in [2.45, 2.75) is 25.9 Å². The van der Waals surface area contributed by atoms with E-state index in [2.05, 4.69) is 14.6 Å². The predicted molar refractivity (Wildman–Crippen MR) is 72.2 cm³/mol. The summed E-state index contributed by atoms with van der Waals surface area (Å²) >= 11 is 1.58. The second-order valence-electron chi connectivity index (χ2n) is 4.12. The number of hydrogen-bond acceptors (Lipinski definition) is 6. The number of nitrogens with zero attached hydrogens (tertiary/aromatic N) is 2. The Morgan fingerprint density at radius 2 is 2.28 bits per heavy atom. The Bertz CT molecular complexity index is 381. The summed E-state index contributed by atoms with van der Waals surface area (Å²) < 4.78 is 9.82. The number of esters is 1. The van der Waals surface area contributed by atoms with Gasteiger partial charge in [-0.3, -0.25) is 4.79 Å². The van der Waals surface area contributed by atoms with Crippen molar-refractivity contribution in [1.29, 1.82) is 0 Å². The largest absolute Gasteiger partial charge is 0.469 e. The maximum absolute atomic E-state index is 11.0. The van der Waals surface area contributed by atoms with Crippen LogP contribution in [-0.2, 0) is 20.7 Å². The fraction of sp³-hybridized carbons (Fsp3) is 0.667. The lowest BCUT2D eigenvalue weighted by Gasteiger charge is -2.19. The zero-order valence-corrected chi connectivity index (χ0v) is 12.1. The molecule has 18 heavy (non-hydrogen) atoms.